The number of hydrogen-bond donors (Lipinski definition) is 2. The zero-order chi connectivity index (χ0) is 17.2. The molecule has 7 nitrogen and oxygen atoms in total. The van der Waals surface area contributed by atoms with Crippen molar-refractivity contribution in [2.24, 2.45) is 0 Å². The Morgan fingerprint density at radius 2 is 1.92 bits per heavy atom. The number of carbonyl (C=O) groups is 3. The lowest BCUT2D eigenvalue weighted by Crippen LogP contribution is -2.51. The molecule has 4 amide bonds. The average molecular weight is 331 g/mol. The molecule has 2 heterocycles. The Kier molecular flexibility index (Phi) is 4.53. The van der Waals surface area contributed by atoms with Crippen LogP contribution in [0.25, 0.3) is 0 Å². The van der Waals surface area contributed by atoms with Crippen molar-refractivity contribution in [1.82, 2.24) is 10.2 Å². The number of anilines is 1. The molecular weight excluding hydrogens is 310 g/mol. The molecule has 1 aromatic rings. The number of imide groups is 1. The normalized spacial score (nSPS) is 19.5. The number of amides is 4. The Balaban J connectivity index is 1.63. The third-order valence-corrected chi connectivity index (χ3v) is 4.54. The van der Waals surface area contributed by atoms with Gasteiger partial charge in [-0.3, -0.25) is 14.5 Å². The van der Waals surface area contributed by atoms with Gasteiger partial charge in [-0.2, -0.15) is 0 Å². The molecule has 2 aliphatic rings. The van der Waals surface area contributed by atoms with Crippen molar-refractivity contribution in [2.75, 3.05) is 25.1 Å². The minimum absolute atomic E-state index is 0.289. The third kappa shape index (κ3) is 3.12. The molecule has 2 saturated heterocycles. The van der Waals surface area contributed by atoms with Gasteiger partial charge in [-0.15, -0.1) is 0 Å². The molecule has 2 aliphatic heterocycles. The molecule has 2 N–H and O–H groups in total. The van der Waals surface area contributed by atoms with Crippen molar-refractivity contribution < 1.29 is 19.1 Å². The van der Waals surface area contributed by atoms with Crippen molar-refractivity contribution in [2.45, 2.75) is 31.7 Å². The lowest BCUT2D eigenvalue weighted by atomic mass is 9.90. The van der Waals surface area contributed by atoms with Crippen LogP contribution in [0.15, 0.2) is 24.3 Å². The number of rotatable bonds is 4. The van der Waals surface area contributed by atoms with Crippen LogP contribution in [0.4, 0.5) is 10.5 Å². The van der Waals surface area contributed by atoms with Crippen molar-refractivity contribution in [1.29, 1.82) is 0 Å². The van der Waals surface area contributed by atoms with Gasteiger partial charge in [-0.1, -0.05) is 19.1 Å². The average Bonchev–Trinajstić information content (AvgIpc) is 2.80. The van der Waals surface area contributed by atoms with Gasteiger partial charge in [0.05, 0.1) is 0 Å². The first-order valence-electron chi connectivity index (χ1n) is 8.15. The summed E-state index contributed by atoms with van der Waals surface area (Å²) < 4.78 is 5.25. The van der Waals surface area contributed by atoms with E-state index in [0.29, 0.717) is 31.7 Å². The van der Waals surface area contributed by atoms with Crippen molar-refractivity contribution >= 4 is 23.5 Å². The van der Waals surface area contributed by atoms with Gasteiger partial charge in [0, 0.05) is 31.7 Å². The Labute approximate surface area is 140 Å². The van der Waals surface area contributed by atoms with Crippen LogP contribution in [0, 0.1) is 0 Å². The predicted molar refractivity (Wildman–Crippen MR) is 87.5 cm³/mol. The van der Waals surface area contributed by atoms with Crippen LogP contribution in [0.1, 0.15) is 25.3 Å². The molecule has 24 heavy (non-hydrogen) atoms. The third-order valence-electron chi connectivity index (χ3n) is 4.54. The van der Waals surface area contributed by atoms with Gasteiger partial charge in [0.15, 0.2) is 0 Å². The Bertz CT molecular complexity index is 650. The Morgan fingerprint density at radius 1 is 1.25 bits per heavy atom. The van der Waals surface area contributed by atoms with E-state index in [0.717, 1.165) is 11.3 Å². The first-order valence-corrected chi connectivity index (χ1v) is 8.15. The molecule has 0 unspecified atom stereocenters. The zero-order valence-electron chi connectivity index (χ0n) is 13.6. The van der Waals surface area contributed by atoms with E-state index in [1.807, 2.05) is 24.3 Å². The number of hydrogen-bond acceptors (Lipinski definition) is 4. The maximum absolute atomic E-state index is 12.6. The fourth-order valence-electron chi connectivity index (χ4n) is 3.05. The molecule has 3 rings (SSSR count). The maximum Gasteiger partial charge on any atom is 0.325 e. The van der Waals surface area contributed by atoms with Crippen LogP contribution in [-0.2, 0) is 20.7 Å². The topological polar surface area (TPSA) is 87.7 Å². The molecule has 0 radical (unpaired) electrons. The van der Waals surface area contributed by atoms with E-state index in [-0.39, 0.29) is 12.5 Å². The highest BCUT2D eigenvalue weighted by molar-refractivity contribution is 6.10. The smallest absolute Gasteiger partial charge is 0.325 e. The highest BCUT2D eigenvalue weighted by atomic mass is 16.5. The molecule has 1 spiro atoms. The minimum Gasteiger partial charge on any atom is -0.381 e. The number of benzene rings is 1. The minimum atomic E-state index is -0.904. The van der Waals surface area contributed by atoms with Gasteiger partial charge >= 0.3 is 6.03 Å². The summed E-state index contributed by atoms with van der Waals surface area (Å²) in [5.74, 6) is -0.737. The number of nitrogens with zero attached hydrogens (tertiary/aromatic N) is 1. The monoisotopic (exact) mass is 331 g/mol. The van der Waals surface area contributed by atoms with Crippen LogP contribution < -0.4 is 10.6 Å². The number of aryl methyl sites for hydroxylation is 1. The van der Waals surface area contributed by atoms with E-state index < -0.39 is 17.5 Å². The summed E-state index contributed by atoms with van der Waals surface area (Å²) in [6.07, 6.45) is 1.80. The van der Waals surface area contributed by atoms with Gasteiger partial charge in [-0.25, -0.2) is 4.79 Å². The molecule has 1 aromatic carbocycles. The standard InChI is InChI=1S/C17H21N3O4/c1-2-12-3-5-13(6-4-12)18-14(21)11-20-15(22)17(19-16(20)23)7-9-24-10-8-17/h3-6H,2,7-11H2,1H3,(H,18,21)(H,19,23). The van der Waals surface area contributed by atoms with Crippen molar-refractivity contribution in [3.8, 4) is 0 Å². The first-order chi connectivity index (χ1) is 11.5. The number of urea groups is 1. The number of ether oxygens (including phenoxy) is 1. The lowest BCUT2D eigenvalue weighted by molar-refractivity contribution is -0.136. The second kappa shape index (κ2) is 6.60. The van der Waals surface area contributed by atoms with Gasteiger partial charge in [-0.05, 0) is 24.1 Å². The van der Waals surface area contributed by atoms with Gasteiger partial charge in [0.2, 0.25) is 5.91 Å². The van der Waals surface area contributed by atoms with Crippen LogP contribution >= 0.6 is 0 Å². The van der Waals surface area contributed by atoms with Crippen LogP contribution in [0.2, 0.25) is 0 Å². The summed E-state index contributed by atoms with van der Waals surface area (Å²) >= 11 is 0. The summed E-state index contributed by atoms with van der Waals surface area (Å²) in [4.78, 5) is 37.8. The predicted octanol–water partition coefficient (Wildman–Crippen LogP) is 1.29. The largest absolute Gasteiger partial charge is 0.381 e. The highest BCUT2D eigenvalue weighted by Gasteiger charge is 2.52. The van der Waals surface area contributed by atoms with Crippen LogP contribution in [0.5, 0.6) is 0 Å². The summed E-state index contributed by atoms with van der Waals surface area (Å²) in [6, 6.07) is 6.96. The summed E-state index contributed by atoms with van der Waals surface area (Å²) in [5.41, 5.74) is 0.909. The fourth-order valence-corrected chi connectivity index (χ4v) is 3.05. The molecular formula is C17H21N3O4. The fraction of sp³-hybridized carbons (Fsp3) is 0.471. The summed E-state index contributed by atoms with van der Waals surface area (Å²) in [6.45, 7) is 2.62. The van der Waals surface area contributed by atoms with Crippen molar-refractivity contribution in [3.63, 3.8) is 0 Å². The van der Waals surface area contributed by atoms with E-state index in [2.05, 4.69) is 17.6 Å². The van der Waals surface area contributed by atoms with Gasteiger partial charge in [0.25, 0.3) is 5.91 Å². The zero-order valence-corrected chi connectivity index (χ0v) is 13.6. The van der Waals surface area contributed by atoms with Gasteiger partial charge in [0.1, 0.15) is 12.1 Å². The van der Waals surface area contributed by atoms with E-state index in [9.17, 15) is 14.4 Å². The van der Waals surface area contributed by atoms with E-state index in [1.54, 1.807) is 0 Å². The van der Waals surface area contributed by atoms with E-state index in [4.69, 9.17) is 4.74 Å². The number of nitrogens with one attached hydrogen (secondary N) is 2. The van der Waals surface area contributed by atoms with Crippen LogP contribution in [0.3, 0.4) is 0 Å². The van der Waals surface area contributed by atoms with E-state index in [1.165, 1.54) is 5.56 Å². The molecule has 2 fully saturated rings. The molecule has 0 atom stereocenters. The quantitative estimate of drug-likeness (QED) is 0.814. The SMILES string of the molecule is CCc1ccc(NC(=O)CN2C(=O)NC3(CCOCC3)C2=O)cc1. The number of carbonyl (C=O) groups excluding carboxylic acids is 3. The molecule has 0 aromatic heterocycles. The van der Waals surface area contributed by atoms with Crippen LogP contribution in [-0.4, -0.2) is 48.0 Å². The van der Waals surface area contributed by atoms with Gasteiger partial charge < -0.3 is 15.4 Å². The second-order valence-corrected chi connectivity index (χ2v) is 6.11. The Morgan fingerprint density at radius 3 is 2.54 bits per heavy atom. The molecule has 0 aliphatic carbocycles. The summed E-state index contributed by atoms with van der Waals surface area (Å²) in [7, 11) is 0. The molecule has 0 saturated carbocycles. The maximum atomic E-state index is 12.6. The second-order valence-electron chi connectivity index (χ2n) is 6.11. The van der Waals surface area contributed by atoms with E-state index >= 15 is 0 Å². The Hall–Kier alpha value is -2.41. The first kappa shape index (κ1) is 16.4. The highest BCUT2D eigenvalue weighted by Crippen LogP contribution is 2.28. The molecule has 7 heteroatoms. The molecule has 0 bridgehead atoms. The molecule has 128 valence electrons. The lowest BCUT2D eigenvalue weighted by Gasteiger charge is -2.30. The van der Waals surface area contributed by atoms with Crippen molar-refractivity contribution in [3.05, 3.63) is 29.8 Å². The summed E-state index contributed by atoms with van der Waals surface area (Å²) in [5, 5.41) is 5.45.